The highest BCUT2D eigenvalue weighted by Crippen LogP contribution is 2.28. The molecular weight excluding hydrogens is 430 g/mol. The largest absolute Gasteiger partial charge is 0.495 e. The van der Waals surface area contributed by atoms with Gasteiger partial charge in [-0.3, -0.25) is 9.69 Å². The van der Waals surface area contributed by atoms with Crippen molar-refractivity contribution in [2.75, 3.05) is 33.1 Å². The third-order valence-electron chi connectivity index (χ3n) is 4.78. The number of furan rings is 1. The van der Waals surface area contributed by atoms with Gasteiger partial charge in [-0.15, -0.1) is 0 Å². The molecule has 0 fully saturated rings. The summed E-state index contributed by atoms with van der Waals surface area (Å²) in [7, 11) is 0.541. The van der Waals surface area contributed by atoms with E-state index in [9.17, 15) is 13.2 Å². The predicted molar refractivity (Wildman–Crippen MR) is 122 cm³/mol. The number of amides is 1. The third-order valence-corrected chi connectivity index (χ3v) is 6.62. The van der Waals surface area contributed by atoms with Crippen LogP contribution in [0.1, 0.15) is 11.3 Å². The number of sulfonamides is 1. The van der Waals surface area contributed by atoms with Crippen molar-refractivity contribution in [3.8, 4) is 5.75 Å². The van der Waals surface area contributed by atoms with Gasteiger partial charge in [0.2, 0.25) is 15.9 Å². The quantitative estimate of drug-likeness (QED) is 0.503. The molecule has 0 aliphatic heterocycles. The van der Waals surface area contributed by atoms with Crippen LogP contribution < -0.4 is 10.1 Å². The van der Waals surface area contributed by atoms with Gasteiger partial charge in [0, 0.05) is 26.3 Å². The second-order valence-electron chi connectivity index (χ2n) is 7.41. The normalized spacial score (nSPS) is 11.7. The summed E-state index contributed by atoms with van der Waals surface area (Å²) < 4.78 is 37.0. The zero-order chi connectivity index (χ0) is 23.1. The summed E-state index contributed by atoms with van der Waals surface area (Å²) in [5.41, 5.74) is 1.43. The molecule has 0 unspecified atom stereocenters. The Morgan fingerprint density at radius 3 is 2.41 bits per heavy atom. The van der Waals surface area contributed by atoms with E-state index in [0.29, 0.717) is 18.8 Å². The van der Waals surface area contributed by atoms with E-state index < -0.39 is 10.0 Å². The van der Waals surface area contributed by atoms with Crippen LogP contribution in [0.15, 0.2) is 76.2 Å². The van der Waals surface area contributed by atoms with E-state index in [1.807, 2.05) is 41.3 Å². The topological polar surface area (TPSA) is 92.1 Å². The third kappa shape index (κ3) is 5.97. The molecule has 0 radical (unpaired) electrons. The van der Waals surface area contributed by atoms with Crippen molar-refractivity contribution in [3.05, 3.63) is 78.3 Å². The molecule has 0 saturated carbocycles. The maximum atomic E-state index is 12.8. The standard InChI is InChI=1S/C23H27N3O5S/c1-25(2)32(28,29)22-14-19(11-12-21(22)30-3)24-23(27)17-26(16-20-10-7-13-31-20)15-18-8-5-4-6-9-18/h4-14H,15-17H2,1-3H3,(H,24,27). The van der Waals surface area contributed by atoms with E-state index in [0.717, 1.165) is 15.6 Å². The molecule has 170 valence electrons. The van der Waals surface area contributed by atoms with E-state index in [2.05, 4.69) is 5.32 Å². The second-order valence-corrected chi connectivity index (χ2v) is 9.53. The van der Waals surface area contributed by atoms with Gasteiger partial charge in [-0.05, 0) is 35.9 Å². The Morgan fingerprint density at radius 1 is 1.03 bits per heavy atom. The fourth-order valence-electron chi connectivity index (χ4n) is 3.19. The Balaban J connectivity index is 1.77. The number of anilines is 1. The Bertz CT molecular complexity index is 1130. The van der Waals surface area contributed by atoms with Gasteiger partial charge in [0.1, 0.15) is 16.4 Å². The number of benzene rings is 2. The lowest BCUT2D eigenvalue weighted by Gasteiger charge is -2.21. The smallest absolute Gasteiger partial charge is 0.246 e. The van der Waals surface area contributed by atoms with Crippen molar-refractivity contribution in [3.63, 3.8) is 0 Å². The van der Waals surface area contributed by atoms with Crippen LogP contribution in [0.2, 0.25) is 0 Å². The molecule has 1 heterocycles. The summed E-state index contributed by atoms with van der Waals surface area (Å²) in [6.45, 7) is 1.10. The summed E-state index contributed by atoms with van der Waals surface area (Å²) in [5.74, 6) is 0.684. The SMILES string of the molecule is COc1ccc(NC(=O)CN(Cc2ccccc2)Cc2ccco2)cc1S(=O)(=O)N(C)C. The summed E-state index contributed by atoms with van der Waals surface area (Å²) in [6.07, 6.45) is 1.60. The molecular formula is C23H27N3O5S. The summed E-state index contributed by atoms with van der Waals surface area (Å²) in [6, 6.07) is 18.0. The Labute approximate surface area is 188 Å². The molecule has 3 rings (SSSR count). The number of nitrogens with one attached hydrogen (secondary N) is 1. The minimum Gasteiger partial charge on any atom is -0.495 e. The number of hydrogen-bond acceptors (Lipinski definition) is 6. The molecule has 3 aromatic rings. The fraction of sp³-hybridized carbons (Fsp3) is 0.261. The first-order valence-electron chi connectivity index (χ1n) is 9.98. The maximum Gasteiger partial charge on any atom is 0.246 e. The lowest BCUT2D eigenvalue weighted by Crippen LogP contribution is -2.32. The highest BCUT2D eigenvalue weighted by molar-refractivity contribution is 7.89. The fourth-order valence-corrected chi connectivity index (χ4v) is 4.26. The van der Waals surface area contributed by atoms with Gasteiger partial charge >= 0.3 is 0 Å². The molecule has 8 nitrogen and oxygen atoms in total. The molecule has 0 bridgehead atoms. The molecule has 32 heavy (non-hydrogen) atoms. The van der Waals surface area contributed by atoms with Gasteiger partial charge in [0.15, 0.2) is 0 Å². The number of nitrogens with zero attached hydrogens (tertiary/aromatic N) is 2. The van der Waals surface area contributed by atoms with Gasteiger partial charge in [-0.2, -0.15) is 0 Å². The van der Waals surface area contributed by atoms with Crippen LogP contribution in [-0.2, 0) is 27.9 Å². The maximum absolute atomic E-state index is 12.8. The number of hydrogen-bond donors (Lipinski definition) is 1. The van der Waals surface area contributed by atoms with Gasteiger partial charge in [-0.25, -0.2) is 12.7 Å². The van der Waals surface area contributed by atoms with Crippen LogP contribution in [0.4, 0.5) is 5.69 Å². The highest BCUT2D eigenvalue weighted by atomic mass is 32.2. The Morgan fingerprint density at radius 2 is 1.78 bits per heavy atom. The van der Waals surface area contributed by atoms with Gasteiger partial charge in [0.25, 0.3) is 0 Å². The van der Waals surface area contributed by atoms with Gasteiger partial charge < -0.3 is 14.5 Å². The minimum atomic E-state index is -3.74. The van der Waals surface area contributed by atoms with E-state index in [-0.39, 0.29) is 23.1 Å². The lowest BCUT2D eigenvalue weighted by molar-refractivity contribution is -0.117. The van der Waals surface area contributed by atoms with Gasteiger partial charge in [0.05, 0.1) is 26.5 Å². The zero-order valence-corrected chi connectivity index (χ0v) is 19.1. The van der Waals surface area contributed by atoms with Crippen LogP contribution in [0, 0.1) is 0 Å². The van der Waals surface area contributed by atoms with Crippen LogP contribution in [0.3, 0.4) is 0 Å². The van der Waals surface area contributed by atoms with Crippen LogP contribution in [0.25, 0.3) is 0 Å². The molecule has 9 heteroatoms. The first-order valence-corrected chi connectivity index (χ1v) is 11.4. The minimum absolute atomic E-state index is 0.0143. The monoisotopic (exact) mass is 457 g/mol. The van der Waals surface area contributed by atoms with E-state index >= 15 is 0 Å². The molecule has 2 aromatic carbocycles. The van der Waals surface area contributed by atoms with E-state index in [1.54, 1.807) is 18.4 Å². The van der Waals surface area contributed by atoms with Crippen molar-refractivity contribution < 1.29 is 22.4 Å². The van der Waals surface area contributed by atoms with Gasteiger partial charge in [-0.1, -0.05) is 30.3 Å². The average Bonchev–Trinajstić information content (AvgIpc) is 3.27. The Kier molecular flexibility index (Phi) is 7.68. The zero-order valence-electron chi connectivity index (χ0n) is 18.3. The number of ether oxygens (including phenoxy) is 1. The molecule has 1 aromatic heterocycles. The first-order chi connectivity index (χ1) is 15.3. The number of carbonyl (C=O) groups excluding carboxylic acids is 1. The molecule has 1 amide bonds. The van der Waals surface area contributed by atoms with Crippen molar-refractivity contribution in [2.45, 2.75) is 18.0 Å². The molecule has 0 aliphatic carbocycles. The van der Waals surface area contributed by atoms with E-state index in [1.165, 1.54) is 33.3 Å². The van der Waals surface area contributed by atoms with Crippen molar-refractivity contribution in [1.29, 1.82) is 0 Å². The highest BCUT2D eigenvalue weighted by Gasteiger charge is 2.23. The molecule has 0 spiro atoms. The molecule has 1 N–H and O–H groups in total. The van der Waals surface area contributed by atoms with Crippen LogP contribution >= 0.6 is 0 Å². The van der Waals surface area contributed by atoms with E-state index in [4.69, 9.17) is 9.15 Å². The summed E-state index contributed by atoms with van der Waals surface area (Å²) in [5, 5.41) is 2.79. The second kappa shape index (κ2) is 10.4. The predicted octanol–water partition coefficient (Wildman–Crippen LogP) is 3.18. The number of rotatable bonds is 10. The van der Waals surface area contributed by atoms with Crippen molar-refractivity contribution >= 4 is 21.6 Å². The first kappa shape index (κ1) is 23.5. The molecule has 0 saturated heterocycles. The van der Waals surface area contributed by atoms with Crippen LogP contribution in [0.5, 0.6) is 5.75 Å². The van der Waals surface area contributed by atoms with Crippen LogP contribution in [-0.4, -0.2) is 51.3 Å². The average molecular weight is 458 g/mol. The van der Waals surface area contributed by atoms with Crippen molar-refractivity contribution in [1.82, 2.24) is 9.21 Å². The number of carbonyl (C=O) groups is 1. The molecule has 0 atom stereocenters. The lowest BCUT2D eigenvalue weighted by atomic mass is 10.2. The number of methoxy groups -OCH3 is 1. The van der Waals surface area contributed by atoms with Crippen molar-refractivity contribution in [2.24, 2.45) is 0 Å². The molecule has 0 aliphatic rings. The summed E-state index contributed by atoms with van der Waals surface area (Å²) in [4.78, 5) is 14.8. The Hall–Kier alpha value is -3.14. The summed E-state index contributed by atoms with van der Waals surface area (Å²) >= 11 is 0.